The summed E-state index contributed by atoms with van der Waals surface area (Å²) < 4.78 is 10.2. The van der Waals surface area contributed by atoms with Crippen LogP contribution in [-0.2, 0) is 9.53 Å². The van der Waals surface area contributed by atoms with Gasteiger partial charge in [0.25, 0.3) is 6.47 Å². The van der Waals surface area contributed by atoms with E-state index in [1.807, 2.05) is 12.1 Å². The van der Waals surface area contributed by atoms with Gasteiger partial charge >= 0.3 is 0 Å². The second kappa shape index (κ2) is 6.94. The fraction of sp³-hybridized carbons (Fsp3) is 0.500. The predicted octanol–water partition coefficient (Wildman–Crippen LogP) is 3.14. The second-order valence-corrected chi connectivity index (χ2v) is 4.23. The van der Waals surface area contributed by atoms with Crippen LogP contribution in [0.25, 0.3) is 0 Å². The Bertz CT molecular complexity index is 332. The van der Waals surface area contributed by atoms with E-state index in [0.29, 0.717) is 19.0 Å². The summed E-state index contributed by atoms with van der Waals surface area (Å²) in [5.74, 6) is 1.37. The Morgan fingerprint density at radius 2 is 1.88 bits per heavy atom. The molecule has 3 heteroatoms. The third-order valence-electron chi connectivity index (χ3n) is 2.83. The lowest BCUT2D eigenvalue weighted by atomic mass is 9.99. The van der Waals surface area contributed by atoms with E-state index in [9.17, 15) is 4.79 Å². The van der Waals surface area contributed by atoms with Gasteiger partial charge in [-0.05, 0) is 37.0 Å². The molecule has 17 heavy (non-hydrogen) atoms. The molecule has 0 N–H and O–H groups in total. The average molecular weight is 236 g/mol. The van der Waals surface area contributed by atoms with Crippen LogP contribution in [0.1, 0.15) is 38.7 Å². The van der Waals surface area contributed by atoms with Crippen molar-refractivity contribution in [3.05, 3.63) is 29.8 Å². The first-order valence-corrected chi connectivity index (χ1v) is 5.99. The molecule has 0 aromatic heterocycles. The molecule has 94 valence electrons. The molecule has 0 aliphatic rings. The third-order valence-corrected chi connectivity index (χ3v) is 2.83. The van der Waals surface area contributed by atoms with Gasteiger partial charge in [-0.3, -0.25) is 4.79 Å². The van der Waals surface area contributed by atoms with E-state index in [4.69, 9.17) is 9.47 Å². The maximum atomic E-state index is 10.1. The van der Waals surface area contributed by atoms with Crippen molar-refractivity contribution < 1.29 is 14.3 Å². The zero-order valence-corrected chi connectivity index (χ0v) is 10.7. The molecule has 0 radical (unpaired) electrons. The molecule has 1 rings (SSSR count). The molecule has 0 aliphatic carbocycles. The van der Waals surface area contributed by atoms with Crippen LogP contribution in [0.15, 0.2) is 24.3 Å². The van der Waals surface area contributed by atoms with Crippen molar-refractivity contribution in [3.63, 3.8) is 0 Å². The molecule has 2 atom stereocenters. The average Bonchev–Trinajstić information content (AvgIpc) is 2.36. The number of carbonyl (C=O) groups is 1. The minimum atomic E-state index is -0.221. The van der Waals surface area contributed by atoms with Crippen molar-refractivity contribution in [2.75, 3.05) is 6.61 Å². The monoisotopic (exact) mass is 236 g/mol. The van der Waals surface area contributed by atoms with E-state index in [-0.39, 0.29) is 6.10 Å². The Hall–Kier alpha value is -1.51. The van der Waals surface area contributed by atoms with E-state index < -0.39 is 0 Å². The molecular formula is C14H20O3. The van der Waals surface area contributed by atoms with Gasteiger partial charge in [0.1, 0.15) is 18.5 Å². The first-order chi connectivity index (χ1) is 8.17. The van der Waals surface area contributed by atoms with Gasteiger partial charge in [0.05, 0.1) is 0 Å². The van der Waals surface area contributed by atoms with Crippen molar-refractivity contribution >= 4 is 6.47 Å². The maximum Gasteiger partial charge on any atom is 0.293 e. The second-order valence-electron chi connectivity index (χ2n) is 4.23. The highest BCUT2D eigenvalue weighted by Gasteiger charge is 2.05. The first kappa shape index (κ1) is 13.6. The molecule has 1 aromatic rings. The Balaban J connectivity index is 2.48. The fourth-order valence-corrected chi connectivity index (χ4v) is 1.48. The van der Waals surface area contributed by atoms with Crippen LogP contribution in [0.3, 0.4) is 0 Å². The topological polar surface area (TPSA) is 35.5 Å². The number of hydrogen-bond donors (Lipinski definition) is 0. The quantitative estimate of drug-likeness (QED) is 0.682. The zero-order chi connectivity index (χ0) is 12.7. The molecule has 0 aliphatic heterocycles. The Labute approximate surface area is 103 Å². The highest BCUT2D eigenvalue weighted by molar-refractivity contribution is 5.37. The molecule has 0 unspecified atom stereocenters. The molecule has 0 bridgehead atoms. The lowest BCUT2D eigenvalue weighted by Gasteiger charge is -2.13. The molecule has 0 saturated carbocycles. The van der Waals surface area contributed by atoms with E-state index >= 15 is 0 Å². The molecule has 0 spiro atoms. The van der Waals surface area contributed by atoms with Gasteiger partial charge in [-0.25, -0.2) is 0 Å². The van der Waals surface area contributed by atoms with E-state index in [2.05, 4.69) is 26.0 Å². The Kier molecular flexibility index (Phi) is 5.53. The molecule has 3 nitrogen and oxygen atoms in total. The summed E-state index contributed by atoms with van der Waals surface area (Å²) in [5.41, 5.74) is 1.32. The van der Waals surface area contributed by atoms with Crippen LogP contribution in [0.2, 0.25) is 0 Å². The molecule has 1 aromatic carbocycles. The lowest BCUT2D eigenvalue weighted by molar-refractivity contribution is -0.134. The van der Waals surface area contributed by atoms with E-state index in [1.165, 1.54) is 5.56 Å². The Morgan fingerprint density at radius 1 is 1.24 bits per heavy atom. The van der Waals surface area contributed by atoms with E-state index in [0.717, 1.165) is 12.2 Å². The van der Waals surface area contributed by atoms with Crippen molar-refractivity contribution in [2.45, 2.75) is 39.2 Å². The summed E-state index contributed by atoms with van der Waals surface area (Å²) in [6.07, 6.45) is 0.909. The molecule has 0 fully saturated rings. The van der Waals surface area contributed by atoms with Crippen molar-refractivity contribution in [2.24, 2.45) is 0 Å². The highest BCUT2D eigenvalue weighted by atomic mass is 16.6. The largest absolute Gasteiger partial charge is 0.490 e. The maximum absolute atomic E-state index is 10.1. The molecule has 0 amide bonds. The predicted molar refractivity (Wildman–Crippen MR) is 67.3 cm³/mol. The standard InChI is InChI=1S/C14H20O3/c1-4-11(2)13-5-7-14(8-6-13)16-9-12(3)17-10-15/h5-8,10-12H,4,9H2,1-3H3/t11-,12-/m1/s1. The van der Waals surface area contributed by atoms with Gasteiger partial charge in [0.2, 0.25) is 0 Å². The SMILES string of the molecule is CC[C@@H](C)c1ccc(OC[C@@H](C)OC=O)cc1. The number of rotatable bonds is 7. The van der Waals surface area contributed by atoms with Crippen LogP contribution in [0, 0.1) is 0 Å². The zero-order valence-electron chi connectivity index (χ0n) is 10.7. The molecule has 0 saturated heterocycles. The summed E-state index contributed by atoms with van der Waals surface area (Å²) >= 11 is 0. The van der Waals surface area contributed by atoms with Crippen LogP contribution in [0.4, 0.5) is 0 Å². The van der Waals surface area contributed by atoms with Gasteiger partial charge < -0.3 is 9.47 Å². The summed E-state index contributed by atoms with van der Waals surface area (Å²) in [7, 11) is 0. The Morgan fingerprint density at radius 3 is 2.41 bits per heavy atom. The normalized spacial score (nSPS) is 13.8. The number of benzene rings is 1. The van der Waals surface area contributed by atoms with Gasteiger partial charge in [-0.2, -0.15) is 0 Å². The number of ether oxygens (including phenoxy) is 2. The van der Waals surface area contributed by atoms with Crippen molar-refractivity contribution in [1.29, 1.82) is 0 Å². The van der Waals surface area contributed by atoms with Crippen LogP contribution in [0.5, 0.6) is 5.75 Å². The molecular weight excluding hydrogens is 216 g/mol. The smallest absolute Gasteiger partial charge is 0.293 e. The van der Waals surface area contributed by atoms with Gasteiger partial charge in [-0.15, -0.1) is 0 Å². The van der Waals surface area contributed by atoms with Crippen molar-refractivity contribution in [1.82, 2.24) is 0 Å². The van der Waals surface area contributed by atoms with Crippen molar-refractivity contribution in [3.8, 4) is 5.75 Å². The van der Waals surface area contributed by atoms with Crippen LogP contribution < -0.4 is 4.74 Å². The summed E-state index contributed by atoms with van der Waals surface area (Å²) in [4.78, 5) is 10.1. The van der Waals surface area contributed by atoms with Gasteiger partial charge in [0.15, 0.2) is 0 Å². The van der Waals surface area contributed by atoms with Gasteiger partial charge in [-0.1, -0.05) is 26.0 Å². The minimum absolute atomic E-state index is 0.221. The van der Waals surface area contributed by atoms with Crippen LogP contribution in [-0.4, -0.2) is 19.2 Å². The summed E-state index contributed by atoms with van der Waals surface area (Å²) in [6.45, 7) is 6.99. The third kappa shape index (κ3) is 4.47. The fourth-order valence-electron chi connectivity index (χ4n) is 1.48. The summed E-state index contributed by atoms with van der Waals surface area (Å²) in [6, 6.07) is 8.06. The number of hydrogen-bond acceptors (Lipinski definition) is 3. The van der Waals surface area contributed by atoms with Crippen LogP contribution >= 0.6 is 0 Å². The highest BCUT2D eigenvalue weighted by Crippen LogP contribution is 2.21. The number of carbonyl (C=O) groups excluding carboxylic acids is 1. The minimum Gasteiger partial charge on any atom is -0.490 e. The van der Waals surface area contributed by atoms with E-state index in [1.54, 1.807) is 6.92 Å². The van der Waals surface area contributed by atoms with Gasteiger partial charge in [0, 0.05) is 0 Å². The molecule has 0 heterocycles. The summed E-state index contributed by atoms with van der Waals surface area (Å²) in [5, 5.41) is 0. The lowest BCUT2D eigenvalue weighted by Crippen LogP contribution is -2.17. The first-order valence-electron chi connectivity index (χ1n) is 5.99.